The second kappa shape index (κ2) is 7.26. The van der Waals surface area contributed by atoms with Crippen LogP contribution < -0.4 is 5.32 Å². The zero-order chi connectivity index (χ0) is 14.4. The summed E-state index contributed by atoms with van der Waals surface area (Å²) in [6.07, 6.45) is 2.61. The number of piperidine rings is 1. The first-order chi connectivity index (χ1) is 9.70. The van der Waals surface area contributed by atoms with Gasteiger partial charge in [-0.2, -0.15) is 0 Å². The number of anilines is 1. The third-order valence-electron chi connectivity index (χ3n) is 3.53. The minimum atomic E-state index is -0.773. The Balaban J connectivity index is 1.91. The molecule has 0 bridgehead atoms. The monoisotopic (exact) mass is 278 g/mol. The summed E-state index contributed by atoms with van der Waals surface area (Å²) < 4.78 is 0. The third kappa shape index (κ3) is 3.95. The molecule has 5 heteroatoms. The summed E-state index contributed by atoms with van der Waals surface area (Å²) in [4.78, 5) is 14.2. The van der Waals surface area contributed by atoms with Gasteiger partial charge in [0.05, 0.1) is 12.7 Å². The number of amides is 1. The summed E-state index contributed by atoms with van der Waals surface area (Å²) in [5.74, 6) is 0.0895. The van der Waals surface area contributed by atoms with Crippen LogP contribution in [0, 0.1) is 0 Å². The molecule has 110 valence electrons. The van der Waals surface area contributed by atoms with E-state index in [9.17, 15) is 9.90 Å². The van der Waals surface area contributed by atoms with Crippen molar-refractivity contribution >= 4 is 11.6 Å². The van der Waals surface area contributed by atoms with E-state index in [1.165, 1.54) is 6.42 Å². The van der Waals surface area contributed by atoms with Crippen molar-refractivity contribution in [2.75, 3.05) is 31.6 Å². The molecule has 1 fully saturated rings. The molecular weight excluding hydrogens is 256 g/mol. The number of nitrogens with zero attached hydrogens (tertiary/aromatic N) is 1. The zero-order valence-corrected chi connectivity index (χ0v) is 11.6. The quantitative estimate of drug-likeness (QED) is 0.753. The van der Waals surface area contributed by atoms with Gasteiger partial charge in [-0.25, -0.2) is 0 Å². The minimum absolute atomic E-state index is 0.0895. The van der Waals surface area contributed by atoms with Crippen molar-refractivity contribution in [1.82, 2.24) is 4.90 Å². The molecule has 1 saturated heterocycles. The lowest BCUT2D eigenvalue weighted by Crippen LogP contribution is -2.35. The highest BCUT2D eigenvalue weighted by Crippen LogP contribution is 2.15. The first-order valence-corrected chi connectivity index (χ1v) is 7.13. The van der Waals surface area contributed by atoms with Crippen molar-refractivity contribution in [3.05, 3.63) is 29.8 Å². The van der Waals surface area contributed by atoms with E-state index in [0.717, 1.165) is 31.6 Å². The van der Waals surface area contributed by atoms with Gasteiger partial charge in [-0.05, 0) is 43.5 Å². The highest BCUT2D eigenvalue weighted by atomic mass is 16.3. The van der Waals surface area contributed by atoms with Gasteiger partial charge in [0, 0.05) is 30.9 Å². The zero-order valence-electron chi connectivity index (χ0n) is 11.6. The number of likely N-dealkylation sites (tertiary alicyclic amines) is 1. The largest absolute Gasteiger partial charge is 0.394 e. The molecule has 1 atom stereocenters. The maximum absolute atomic E-state index is 12.3. The topological polar surface area (TPSA) is 72.8 Å². The van der Waals surface area contributed by atoms with Crippen molar-refractivity contribution in [3.8, 4) is 0 Å². The van der Waals surface area contributed by atoms with Crippen molar-refractivity contribution in [2.45, 2.75) is 25.4 Å². The molecule has 1 aliphatic heterocycles. The average Bonchev–Trinajstić information content (AvgIpc) is 2.53. The van der Waals surface area contributed by atoms with Crippen molar-refractivity contribution in [3.63, 3.8) is 0 Å². The number of carbonyl (C=O) groups is 1. The Hall–Kier alpha value is -1.59. The number of nitrogens with one attached hydrogen (secondary N) is 1. The van der Waals surface area contributed by atoms with Gasteiger partial charge in [-0.3, -0.25) is 4.79 Å². The third-order valence-corrected chi connectivity index (χ3v) is 3.53. The number of carbonyl (C=O) groups excluding carboxylic acids is 1. The Labute approximate surface area is 119 Å². The van der Waals surface area contributed by atoms with Gasteiger partial charge in [0.2, 0.25) is 0 Å². The van der Waals surface area contributed by atoms with E-state index in [4.69, 9.17) is 5.11 Å². The van der Waals surface area contributed by atoms with Gasteiger partial charge < -0.3 is 20.4 Å². The molecule has 0 aliphatic carbocycles. The Morgan fingerprint density at radius 1 is 1.20 bits per heavy atom. The molecular formula is C15H22N2O3. The van der Waals surface area contributed by atoms with Crippen LogP contribution in [0.3, 0.4) is 0 Å². The van der Waals surface area contributed by atoms with Crippen LogP contribution in [0.5, 0.6) is 0 Å². The van der Waals surface area contributed by atoms with Crippen LogP contribution in [0.25, 0.3) is 0 Å². The summed E-state index contributed by atoms with van der Waals surface area (Å²) >= 11 is 0. The van der Waals surface area contributed by atoms with Crippen LogP contribution in [0.15, 0.2) is 24.3 Å². The fourth-order valence-electron chi connectivity index (χ4n) is 2.31. The second-order valence-corrected chi connectivity index (χ2v) is 5.15. The molecule has 2 rings (SSSR count). The molecule has 5 nitrogen and oxygen atoms in total. The van der Waals surface area contributed by atoms with Crippen molar-refractivity contribution in [2.24, 2.45) is 0 Å². The Morgan fingerprint density at radius 2 is 1.85 bits per heavy atom. The molecule has 0 spiro atoms. The van der Waals surface area contributed by atoms with Crippen LogP contribution in [0.2, 0.25) is 0 Å². The van der Waals surface area contributed by atoms with Gasteiger partial charge in [0.25, 0.3) is 5.91 Å². The molecule has 0 aromatic heterocycles. The Morgan fingerprint density at radius 3 is 2.45 bits per heavy atom. The van der Waals surface area contributed by atoms with Crippen LogP contribution in [0.4, 0.5) is 5.69 Å². The first kappa shape index (κ1) is 14.8. The molecule has 1 unspecified atom stereocenters. The fourth-order valence-corrected chi connectivity index (χ4v) is 2.31. The molecule has 1 aliphatic rings. The Bertz CT molecular complexity index is 427. The molecule has 20 heavy (non-hydrogen) atoms. The van der Waals surface area contributed by atoms with Crippen molar-refractivity contribution in [1.29, 1.82) is 0 Å². The summed E-state index contributed by atoms with van der Waals surface area (Å²) in [7, 11) is 0. The fraction of sp³-hybridized carbons (Fsp3) is 0.533. The molecule has 0 radical (unpaired) electrons. The lowest BCUT2D eigenvalue weighted by atomic mass is 10.1. The van der Waals surface area contributed by atoms with Crippen LogP contribution in [-0.4, -0.2) is 53.4 Å². The average molecular weight is 278 g/mol. The van der Waals surface area contributed by atoms with E-state index in [1.54, 1.807) is 12.1 Å². The molecule has 1 aromatic carbocycles. The van der Waals surface area contributed by atoms with E-state index < -0.39 is 6.10 Å². The van der Waals surface area contributed by atoms with Crippen molar-refractivity contribution < 1.29 is 15.0 Å². The van der Waals surface area contributed by atoms with E-state index in [2.05, 4.69) is 5.32 Å². The summed E-state index contributed by atoms with van der Waals surface area (Å²) in [6.45, 7) is 1.72. The number of hydrogen-bond donors (Lipinski definition) is 3. The smallest absolute Gasteiger partial charge is 0.253 e. The number of hydrogen-bond acceptors (Lipinski definition) is 4. The van der Waals surface area contributed by atoms with Crippen LogP contribution >= 0.6 is 0 Å². The van der Waals surface area contributed by atoms with Gasteiger partial charge in [-0.1, -0.05) is 0 Å². The molecule has 1 aromatic rings. The summed E-state index contributed by atoms with van der Waals surface area (Å²) in [6, 6.07) is 7.23. The number of rotatable bonds is 5. The number of benzene rings is 1. The van der Waals surface area contributed by atoms with E-state index >= 15 is 0 Å². The van der Waals surface area contributed by atoms with Gasteiger partial charge >= 0.3 is 0 Å². The predicted octanol–water partition coefficient (Wildman–Crippen LogP) is 1.08. The van der Waals surface area contributed by atoms with Gasteiger partial charge in [-0.15, -0.1) is 0 Å². The summed E-state index contributed by atoms with van der Waals surface area (Å²) in [5, 5.41) is 21.0. The summed E-state index contributed by atoms with van der Waals surface area (Å²) in [5.41, 5.74) is 1.52. The van der Waals surface area contributed by atoms with Crippen LogP contribution in [-0.2, 0) is 0 Å². The van der Waals surface area contributed by atoms with E-state index in [-0.39, 0.29) is 19.1 Å². The van der Waals surface area contributed by atoms with E-state index in [0.29, 0.717) is 5.56 Å². The molecule has 1 heterocycles. The van der Waals surface area contributed by atoms with E-state index in [1.807, 2.05) is 17.0 Å². The minimum Gasteiger partial charge on any atom is -0.394 e. The maximum Gasteiger partial charge on any atom is 0.253 e. The number of aliphatic hydroxyl groups excluding tert-OH is 2. The maximum atomic E-state index is 12.3. The Kier molecular flexibility index (Phi) is 5.38. The highest BCUT2D eigenvalue weighted by molar-refractivity contribution is 5.94. The first-order valence-electron chi connectivity index (χ1n) is 7.13. The SMILES string of the molecule is O=C(c1ccc(NCC(O)CO)cc1)N1CCCCC1. The van der Waals surface area contributed by atoms with Gasteiger partial charge in [0.15, 0.2) is 0 Å². The predicted molar refractivity (Wildman–Crippen MR) is 77.8 cm³/mol. The van der Waals surface area contributed by atoms with Crippen LogP contribution in [0.1, 0.15) is 29.6 Å². The molecule has 1 amide bonds. The normalized spacial score (nSPS) is 16.8. The van der Waals surface area contributed by atoms with Gasteiger partial charge in [0.1, 0.15) is 0 Å². The lowest BCUT2D eigenvalue weighted by molar-refractivity contribution is 0.0724. The standard InChI is InChI=1S/C15H22N2O3/c18-11-14(19)10-16-13-6-4-12(5-7-13)15(20)17-8-2-1-3-9-17/h4-7,14,16,18-19H,1-3,8-11H2. The highest BCUT2D eigenvalue weighted by Gasteiger charge is 2.17. The molecule has 3 N–H and O–H groups in total. The molecule has 0 saturated carbocycles. The number of aliphatic hydroxyl groups is 2. The lowest BCUT2D eigenvalue weighted by Gasteiger charge is -2.26. The second-order valence-electron chi connectivity index (χ2n) is 5.15.